The second-order valence-corrected chi connectivity index (χ2v) is 6.12. The van der Waals surface area contributed by atoms with Gasteiger partial charge in [0.05, 0.1) is 6.61 Å². The van der Waals surface area contributed by atoms with Gasteiger partial charge in [-0.1, -0.05) is 19.1 Å². The molecule has 6 nitrogen and oxygen atoms in total. The molecule has 1 aromatic carbocycles. The van der Waals surface area contributed by atoms with Crippen LogP contribution in [0, 0.1) is 11.7 Å². The molecule has 140 valence electrons. The summed E-state index contributed by atoms with van der Waals surface area (Å²) in [4.78, 5) is 20.7. The number of aliphatic carboxylic acids is 2. The average molecular weight is 355 g/mol. The van der Waals surface area contributed by atoms with Crippen LogP contribution in [0.15, 0.2) is 24.3 Å². The maximum Gasteiger partial charge on any atom is 0.414 e. The molecule has 1 aliphatic heterocycles. The van der Waals surface area contributed by atoms with Gasteiger partial charge in [0.25, 0.3) is 0 Å². The van der Waals surface area contributed by atoms with E-state index in [1.807, 2.05) is 0 Å². The lowest BCUT2D eigenvalue weighted by atomic mass is 9.99. The summed E-state index contributed by atoms with van der Waals surface area (Å²) in [6.45, 7) is 6.54. The number of hydrogen-bond acceptors (Lipinski definition) is 4. The molecule has 0 atom stereocenters. The number of carboxylic acids is 2. The van der Waals surface area contributed by atoms with Gasteiger partial charge in [-0.15, -0.1) is 0 Å². The molecule has 1 aromatic rings. The van der Waals surface area contributed by atoms with Gasteiger partial charge in [0.15, 0.2) is 11.6 Å². The molecule has 0 unspecified atom stereocenters. The monoisotopic (exact) mass is 355 g/mol. The first-order valence-corrected chi connectivity index (χ1v) is 8.46. The van der Waals surface area contributed by atoms with Crippen molar-refractivity contribution in [3.8, 4) is 5.75 Å². The number of benzene rings is 1. The first-order chi connectivity index (χ1) is 11.9. The predicted molar refractivity (Wildman–Crippen MR) is 91.2 cm³/mol. The van der Waals surface area contributed by atoms with Gasteiger partial charge in [0.2, 0.25) is 0 Å². The number of piperidine rings is 1. The lowest BCUT2D eigenvalue weighted by Crippen LogP contribution is -2.33. The van der Waals surface area contributed by atoms with E-state index in [4.69, 9.17) is 24.5 Å². The van der Waals surface area contributed by atoms with E-state index in [2.05, 4.69) is 11.8 Å². The average Bonchev–Trinajstić information content (AvgIpc) is 2.58. The minimum Gasteiger partial charge on any atom is -0.491 e. The van der Waals surface area contributed by atoms with Crippen molar-refractivity contribution >= 4 is 11.9 Å². The van der Waals surface area contributed by atoms with Crippen molar-refractivity contribution in [3.05, 3.63) is 30.1 Å². The second-order valence-electron chi connectivity index (χ2n) is 6.12. The minimum absolute atomic E-state index is 0.271. The number of ether oxygens (including phenoxy) is 1. The Morgan fingerprint density at radius 1 is 1.16 bits per heavy atom. The van der Waals surface area contributed by atoms with Crippen LogP contribution in [0.3, 0.4) is 0 Å². The van der Waals surface area contributed by atoms with Gasteiger partial charge in [0.1, 0.15) is 0 Å². The van der Waals surface area contributed by atoms with Crippen molar-refractivity contribution in [2.45, 2.75) is 32.6 Å². The Bertz CT molecular complexity index is 532. The summed E-state index contributed by atoms with van der Waals surface area (Å²) in [6, 6.07) is 6.60. The van der Waals surface area contributed by atoms with Gasteiger partial charge in [0, 0.05) is 0 Å². The Labute approximate surface area is 147 Å². The molecule has 25 heavy (non-hydrogen) atoms. The number of likely N-dealkylation sites (tertiary alicyclic amines) is 1. The van der Waals surface area contributed by atoms with Crippen LogP contribution < -0.4 is 4.74 Å². The third-order valence-electron chi connectivity index (χ3n) is 4.02. The highest BCUT2D eigenvalue weighted by Gasteiger charge is 2.14. The van der Waals surface area contributed by atoms with Crippen LogP contribution in [0.25, 0.3) is 0 Å². The highest BCUT2D eigenvalue weighted by Crippen LogP contribution is 2.17. The maximum absolute atomic E-state index is 13.3. The van der Waals surface area contributed by atoms with E-state index in [-0.39, 0.29) is 5.82 Å². The summed E-state index contributed by atoms with van der Waals surface area (Å²) in [5.74, 6) is -2.66. The molecule has 0 saturated carbocycles. The van der Waals surface area contributed by atoms with Crippen LogP contribution in [-0.4, -0.2) is 53.3 Å². The van der Waals surface area contributed by atoms with Crippen molar-refractivity contribution in [2.24, 2.45) is 5.92 Å². The van der Waals surface area contributed by atoms with Crippen molar-refractivity contribution in [1.82, 2.24) is 4.90 Å². The van der Waals surface area contributed by atoms with E-state index in [0.29, 0.717) is 12.4 Å². The fourth-order valence-electron chi connectivity index (χ4n) is 2.47. The Kier molecular flexibility index (Phi) is 9.54. The fourth-order valence-corrected chi connectivity index (χ4v) is 2.47. The van der Waals surface area contributed by atoms with Gasteiger partial charge in [-0.05, 0) is 63.4 Å². The molecular weight excluding hydrogens is 329 g/mol. The Balaban J connectivity index is 0.000000450. The van der Waals surface area contributed by atoms with E-state index in [1.54, 1.807) is 18.2 Å². The number of carboxylic acid groups (broad SMARTS) is 2. The molecule has 7 heteroatoms. The molecule has 0 radical (unpaired) electrons. The van der Waals surface area contributed by atoms with Gasteiger partial charge < -0.3 is 19.8 Å². The zero-order valence-corrected chi connectivity index (χ0v) is 14.5. The summed E-state index contributed by atoms with van der Waals surface area (Å²) >= 11 is 0. The van der Waals surface area contributed by atoms with Crippen LogP contribution in [0.5, 0.6) is 5.75 Å². The largest absolute Gasteiger partial charge is 0.491 e. The minimum atomic E-state index is -1.82. The van der Waals surface area contributed by atoms with Gasteiger partial charge >= 0.3 is 11.9 Å². The molecule has 1 fully saturated rings. The molecule has 2 rings (SSSR count). The molecule has 1 aliphatic rings. The summed E-state index contributed by atoms with van der Waals surface area (Å²) < 4.78 is 18.7. The van der Waals surface area contributed by atoms with Crippen LogP contribution in [0.4, 0.5) is 4.39 Å². The van der Waals surface area contributed by atoms with E-state index in [9.17, 15) is 4.39 Å². The molecule has 0 aliphatic carbocycles. The third kappa shape index (κ3) is 9.05. The number of hydrogen-bond donors (Lipinski definition) is 2. The number of unbranched alkanes of at least 4 members (excludes halogenated alkanes) is 1. The number of nitrogens with zero attached hydrogens (tertiary/aromatic N) is 1. The number of carbonyl (C=O) groups is 2. The number of para-hydroxylation sites is 1. The first kappa shape index (κ1) is 20.9. The summed E-state index contributed by atoms with van der Waals surface area (Å²) in [6.07, 6.45) is 4.76. The van der Waals surface area contributed by atoms with Crippen molar-refractivity contribution in [2.75, 3.05) is 26.2 Å². The van der Waals surface area contributed by atoms with Crippen LogP contribution in [-0.2, 0) is 9.59 Å². The summed E-state index contributed by atoms with van der Waals surface area (Å²) in [5.41, 5.74) is 0. The zero-order valence-electron chi connectivity index (χ0n) is 14.5. The molecule has 1 heterocycles. The van der Waals surface area contributed by atoms with Gasteiger partial charge in [-0.25, -0.2) is 14.0 Å². The lowest BCUT2D eigenvalue weighted by molar-refractivity contribution is -0.159. The maximum atomic E-state index is 13.3. The Morgan fingerprint density at radius 2 is 1.76 bits per heavy atom. The number of rotatable bonds is 6. The summed E-state index contributed by atoms with van der Waals surface area (Å²) in [7, 11) is 0. The second kappa shape index (κ2) is 11.4. The standard InChI is InChI=1S/C16H24FNO.C2H2O4/c1-14-8-11-18(12-9-14)10-4-5-13-19-16-7-3-2-6-15(16)17;3-1(4)2(5)6/h2-3,6-7,14H,4-5,8-13H2,1H3;(H,3,4)(H,5,6). The molecule has 0 spiro atoms. The highest BCUT2D eigenvalue weighted by molar-refractivity contribution is 6.27. The predicted octanol–water partition coefficient (Wildman–Crippen LogP) is 2.87. The first-order valence-electron chi connectivity index (χ1n) is 8.46. The SMILES string of the molecule is CC1CCN(CCCCOc2ccccc2F)CC1.O=C(O)C(=O)O. The van der Waals surface area contributed by atoms with Gasteiger partial charge in [-0.2, -0.15) is 0 Å². The van der Waals surface area contributed by atoms with E-state index in [0.717, 1.165) is 25.3 Å². The topological polar surface area (TPSA) is 87.1 Å². The molecule has 0 bridgehead atoms. The van der Waals surface area contributed by atoms with Crippen LogP contribution in [0.1, 0.15) is 32.6 Å². The Hall–Kier alpha value is -2.15. The molecular formula is C18H26FNO5. The van der Waals surface area contributed by atoms with Crippen molar-refractivity contribution in [3.63, 3.8) is 0 Å². The lowest BCUT2D eigenvalue weighted by Gasteiger charge is -2.30. The third-order valence-corrected chi connectivity index (χ3v) is 4.02. The van der Waals surface area contributed by atoms with Crippen LogP contribution in [0.2, 0.25) is 0 Å². The molecule has 0 aromatic heterocycles. The quantitative estimate of drug-likeness (QED) is 0.603. The molecule has 1 saturated heterocycles. The van der Waals surface area contributed by atoms with Crippen molar-refractivity contribution < 1.29 is 28.9 Å². The fraction of sp³-hybridized carbons (Fsp3) is 0.556. The Morgan fingerprint density at radius 3 is 2.32 bits per heavy atom. The van der Waals surface area contributed by atoms with E-state index >= 15 is 0 Å². The van der Waals surface area contributed by atoms with E-state index < -0.39 is 11.9 Å². The van der Waals surface area contributed by atoms with E-state index in [1.165, 1.54) is 32.0 Å². The van der Waals surface area contributed by atoms with Crippen LogP contribution >= 0.6 is 0 Å². The summed E-state index contributed by atoms with van der Waals surface area (Å²) in [5, 5.41) is 14.8. The normalized spacial score (nSPS) is 15.1. The van der Waals surface area contributed by atoms with Gasteiger partial charge in [-0.3, -0.25) is 0 Å². The number of halogens is 1. The highest BCUT2D eigenvalue weighted by atomic mass is 19.1. The smallest absolute Gasteiger partial charge is 0.414 e. The zero-order chi connectivity index (χ0) is 18.7. The van der Waals surface area contributed by atoms with Crippen molar-refractivity contribution in [1.29, 1.82) is 0 Å². The molecule has 2 N–H and O–H groups in total. The molecule has 0 amide bonds.